The third-order valence-electron chi connectivity index (χ3n) is 7.30. The van der Waals surface area contributed by atoms with E-state index >= 15 is 0 Å². The van der Waals surface area contributed by atoms with Crippen molar-refractivity contribution in [2.45, 2.75) is 39.3 Å². The first-order valence-corrected chi connectivity index (χ1v) is 13.6. The van der Waals surface area contributed by atoms with Crippen LogP contribution < -0.4 is 10.5 Å². The molecule has 2 aliphatic rings. The van der Waals surface area contributed by atoms with Crippen LogP contribution in [0.1, 0.15) is 40.3 Å². The molecule has 0 spiro atoms. The summed E-state index contributed by atoms with van der Waals surface area (Å²) < 4.78 is 6.40. The second kappa shape index (κ2) is 9.25. The van der Waals surface area contributed by atoms with E-state index in [0.717, 1.165) is 16.8 Å². The highest BCUT2D eigenvalue weighted by molar-refractivity contribution is 7.17. The molecule has 1 saturated heterocycles. The lowest BCUT2D eigenvalue weighted by molar-refractivity contribution is 0.0755. The van der Waals surface area contributed by atoms with Crippen LogP contribution in [0.5, 0.6) is 5.88 Å². The van der Waals surface area contributed by atoms with Gasteiger partial charge in [0.05, 0.1) is 11.4 Å². The molecule has 0 unspecified atom stereocenters. The molecule has 1 saturated carbocycles. The Kier molecular flexibility index (Phi) is 6.00. The lowest BCUT2D eigenvalue weighted by Gasteiger charge is -2.22. The number of carbonyl (C=O) groups excluding carboxylic acids is 1. The summed E-state index contributed by atoms with van der Waals surface area (Å²) >= 11 is 1.35. The summed E-state index contributed by atoms with van der Waals surface area (Å²) in [4.78, 5) is 33.8. The van der Waals surface area contributed by atoms with Gasteiger partial charge >= 0.3 is 0 Å². The molecule has 3 atom stereocenters. The van der Waals surface area contributed by atoms with E-state index in [-0.39, 0.29) is 12.0 Å². The number of fused-ring (bicyclic) bond motifs is 1. The zero-order valence-electron chi connectivity index (χ0n) is 21.9. The Balaban J connectivity index is 1.16. The highest BCUT2D eigenvalue weighted by Crippen LogP contribution is 2.48. The fourth-order valence-corrected chi connectivity index (χ4v) is 5.99. The quantitative estimate of drug-likeness (QED) is 0.391. The molecular formula is C29H30N6O2S. The van der Waals surface area contributed by atoms with Gasteiger partial charge in [-0.3, -0.25) is 4.79 Å². The van der Waals surface area contributed by atoms with E-state index in [0.29, 0.717) is 52.2 Å². The van der Waals surface area contributed by atoms with Gasteiger partial charge in [0.2, 0.25) is 5.88 Å². The zero-order valence-corrected chi connectivity index (χ0v) is 22.7. The first-order valence-electron chi connectivity index (χ1n) is 12.8. The fourth-order valence-electron chi connectivity index (χ4n) is 5.01. The van der Waals surface area contributed by atoms with Crippen molar-refractivity contribution in [3.8, 4) is 28.0 Å². The summed E-state index contributed by atoms with van der Waals surface area (Å²) in [6.45, 7) is 9.22. The van der Waals surface area contributed by atoms with Gasteiger partial charge in [0, 0.05) is 54.5 Å². The molecule has 3 aromatic heterocycles. The summed E-state index contributed by atoms with van der Waals surface area (Å²) in [5.41, 5.74) is 10.7. The molecule has 1 amide bonds. The number of amides is 1. The summed E-state index contributed by atoms with van der Waals surface area (Å²) in [7, 11) is 0. The fraction of sp³-hybridized carbons (Fsp3) is 0.345. The zero-order chi connectivity index (χ0) is 26.6. The number of aromatic nitrogens is 4. The van der Waals surface area contributed by atoms with Crippen LogP contribution in [0.25, 0.3) is 22.1 Å². The molecule has 4 heterocycles. The van der Waals surface area contributed by atoms with Crippen LogP contribution >= 0.6 is 11.3 Å². The Morgan fingerprint density at radius 3 is 2.39 bits per heavy atom. The maximum atomic E-state index is 13.3. The van der Waals surface area contributed by atoms with Crippen LogP contribution in [0.2, 0.25) is 0 Å². The topological polar surface area (TPSA) is 107 Å². The average Bonchev–Trinajstić information content (AvgIpc) is 3.22. The molecule has 38 heavy (non-hydrogen) atoms. The molecule has 9 heteroatoms. The van der Waals surface area contributed by atoms with Crippen molar-refractivity contribution in [1.82, 2.24) is 24.8 Å². The minimum Gasteiger partial charge on any atom is -0.474 e. The SMILES string of the molecule is Cc1ccc(-c2cc(C(C)(C)N)cc(O[C@@H]3[C@@H]4CN(C(=O)c5sc(-c6ncccn6)nc5C)C[C@@H]43)n2)cc1. The number of hydrogen-bond donors (Lipinski definition) is 1. The largest absolute Gasteiger partial charge is 0.474 e. The third kappa shape index (κ3) is 4.68. The van der Waals surface area contributed by atoms with Crippen LogP contribution in [-0.4, -0.2) is 49.9 Å². The standard InChI is InChI=1S/C29H30N6O2S/c1-16-6-8-18(9-7-16)22-12-19(29(3,4)30)13-23(34-22)37-24-20-14-35(15-21(20)24)28(36)25-17(2)33-27(38-25)26-31-10-5-11-32-26/h5-13,20-21,24H,14-15,30H2,1-4H3/t20-,21+,24-. The number of aryl methyl sites for hydroxylation is 2. The van der Waals surface area contributed by atoms with Crippen LogP contribution in [0, 0.1) is 25.7 Å². The highest BCUT2D eigenvalue weighted by Gasteiger charge is 2.59. The second-order valence-corrected chi connectivity index (χ2v) is 11.8. The van der Waals surface area contributed by atoms with E-state index in [1.54, 1.807) is 18.5 Å². The van der Waals surface area contributed by atoms with Crippen molar-refractivity contribution in [3.63, 3.8) is 0 Å². The van der Waals surface area contributed by atoms with Crippen LogP contribution in [0.4, 0.5) is 0 Å². The number of piperidine rings is 1. The molecule has 4 aromatic rings. The van der Waals surface area contributed by atoms with Gasteiger partial charge in [-0.15, -0.1) is 11.3 Å². The Morgan fingerprint density at radius 1 is 1.05 bits per heavy atom. The maximum absolute atomic E-state index is 13.3. The Morgan fingerprint density at radius 2 is 1.74 bits per heavy atom. The Bertz CT molecular complexity index is 1480. The van der Waals surface area contributed by atoms with Gasteiger partial charge in [0.15, 0.2) is 10.8 Å². The highest BCUT2D eigenvalue weighted by atomic mass is 32.1. The Hall–Kier alpha value is -3.69. The lowest BCUT2D eigenvalue weighted by Crippen LogP contribution is -2.33. The summed E-state index contributed by atoms with van der Waals surface area (Å²) in [5, 5.41) is 0.662. The molecule has 2 fully saturated rings. The molecule has 1 aliphatic carbocycles. The smallest absolute Gasteiger partial charge is 0.265 e. The molecule has 0 radical (unpaired) electrons. The maximum Gasteiger partial charge on any atom is 0.265 e. The number of benzene rings is 1. The van der Waals surface area contributed by atoms with Gasteiger partial charge in [0.25, 0.3) is 5.91 Å². The first kappa shape index (κ1) is 24.6. The lowest BCUT2D eigenvalue weighted by atomic mass is 9.94. The molecule has 2 N–H and O–H groups in total. The van der Waals surface area contributed by atoms with Gasteiger partial charge in [0.1, 0.15) is 11.0 Å². The third-order valence-corrected chi connectivity index (χ3v) is 8.44. The van der Waals surface area contributed by atoms with Gasteiger partial charge < -0.3 is 15.4 Å². The van der Waals surface area contributed by atoms with Crippen LogP contribution in [-0.2, 0) is 5.54 Å². The monoisotopic (exact) mass is 526 g/mol. The van der Waals surface area contributed by atoms with Crippen molar-refractivity contribution in [1.29, 1.82) is 0 Å². The number of pyridine rings is 1. The van der Waals surface area contributed by atoms with E-state index in [2.05, 4.69) is 46.1 Å². The Labute approximate surface area is 225 Å². The number of nitrogens with zero attached hydrogens (tertiary/aromatic N) is 5. The molecule has 0 bridgehead atoms. The minimum atomic E-state index is -0.528. The van der Waals surface area contributed by atoms with Crippen molar-refractivity contribution >= 4 is 17.2 Å². The summed E-state index contributed by atoms with van der Waals surface area (Å²) in [6, 6.07) is 14.0. The molecule has 8 nitrogen and oxygen atoms in total. The second-order valence-electron chi connectivity index (χ2n) is 10.8. The van der Waals surface area contributed by atoms with E-state index in [1.807, 2.05) is 37.8 Å². The molecule has 1 aliphatic heterocycles. The molecule has 194 valence electrons. The van der Waals surface area contributed by atoms with Crippen molar-refractivity contribution in [2.75, 3.05) is 13.1 Å². The molecule has 6 rings (SSSR count). The average molecular weight is 527 g/mol. The van der Waals surface area contributed by atoms with Gasteiger partial charge in [-0.25, -0.2) is 19.9 Å². The van der Waals surface area contributed by atoms with E-state index < -0.39 is 5.54 Å². The van der Waals surface area contributed by atoms with Crippen molar-refractivity contribution in [3.05, 3.63) is 76.6 Å². The van der Waals surface area contributed by atoms with Gasteiger partial charge in [-0.05, 0) is 45.4 Å². The minimum absolute atomic E-state index is 0.0137. The number of nitrogens with two attached hydrogens (primary N) is 1. The van der Waals surface area contributed by atoms with Crippen LogP contribution in [0.15, 0.2) is 54.9 Å². The molecule has 1 aromatic carbocycles. The molecular weight excluding hydrogens is 496 g/mol. The number of likely N-dealkylation sites (tertiary alicyclic amines) is 1. The van der Waals surface area contributed by atoms with E-state index in [1.165, 1.54) is 16.9 Å². The number of thiazole rings is 1. The normalized spacial score (nSPS) is 20.3. The van der Waals surface area contributed by atoms with E-state index in [4.69, 9.17) is 15.5 Å². The van der Waals surface area contributed by atoms with Crippen molar-refractivity contribution in [2.24, 2.45) is 17.6 Å². The van der Waals surface area contributed by atoms with Crippen molar-refractivity contribution < 1.29 is 9.53 Å². The van der Waals surface area contributed by atoms with Gasteiger partial charge in [-0.1, -0.05) is 29.8 Å². The first-order chi connectivity index (χ1) is 18.2. The van der Waals surface area contributed by atoms with Crippen LogP contribution in [0.3, 0.4) is 0 Å². The van der Waals surface area contributed by atoms with E-state index in [9.17, 15) is 4.79 Å². The summed E-state index contributed by atoms with van der Waals surface area (Å²) in [5.74, 6) is 1.73. The summed E-state index contributed by atoms with van der Waals surface area (Å²) in [6.07, 6.45) is 3.40. The number of rotatable bonds is 6. The number of carbonyl (C=O) groups is 1. The number of hydrogen-bond acceptors (Lipinski definition) is 8. The predicted molar refractivity (Wildman–Crippen MR) is 147 cm³/mol. The number of ether oxygens (including phenoxy) is 1. The van der Waals surface area contributed by atoms with Gasteiger partial charge in [-0.2, -0.15) is 0 Å². The predicted octanol–water partition coefficient (Wildman–Crippen LogP) is 4.62.